The molecule has 0 atom stereocenters. The Morgan fingerprint density at radius 1 is 1.24 bits per heavy atom. The molecule has 2 N–H and O–H groups in total. The van der Waals surface area contributed by atoms with E-state index in [1.807, 2.05) is 25.2 Å². The van der Waals surface area contributed by atoms with Gasteiger partial charge in [-0.15, -0.1) is 11.3 Å². The van der Waals surface area contributed by atoms with Crippen molar-refractivity contribution in [1.29, 1.82) is 0 Å². The first-order valence-electron chi connectivity index (χ1n) is 6.78. The number of nitrogens with zero attached hydrogens (tertiary/aromatic N) is 1. The fourth-order valence-electron chi connectivity index (χ4n) is 2.54. The number of hydrogen-bond acceptors (Lipinski definition) is 4. The summed E-state index contributed by atoms with van der Waals surface area (Å²) < 4.78 is 20.5. The Morgan fingerprint density at radius 2 is 2.10 bits per heavy atom. The number of benzene rings is 1. The first kappa shape index (κ1) is 14.3. The zero-order valence-electron chi connectivity index (χ0n) is 11.8. The fraction of sp³-hybridized carbons (Fsp3) is 0.250. The van der Waals surface area contributed by atoms with Crippen LogP contribution in [0.4, 0.5) is 4.39 Å². The molecule has 0 spiro atoms. The van der Waals surface area contributed by atoms with E-state index in [0.717, 1.165) is 20.9 Å². The van der Waals surface area contributed by atoms with Crippen molar-refractivity contribution in [3.8, 4) is 0 Å². The number of nitrogens with two attached hydrogens (primary N) is 1. The molecule has 0 bridgehead atoms. The van der Waals surface area contributed by atoms with Crippen LogP contribution in [0.2, 0.25) is 0 Å². The second-order valence-corrected chi connectivity index (χ2v) is 6.21. The van der Waals surface area contributed by atoms with Gasteiger partial charge in [-0.25, -0.2) is 4.39 Å². The average molecular weight is 304 g/mol. The molecule has 0 aliphatic heterocycles. The Morgan fingerprint density at radius 3 is 2.81 bits per heavy atom. The molecule has 110 valence electrons. The minimum atomic E-state index is -0.176. The summed E-state index contributed by atoms with van der Waals surface area (Å²) in [6.07, 6.45) is 1.66. The molecule has 0 unspecified atom stereocenters. The predicted octanol–water partition coefficient (Wildman–Crippen LogP) is 3.72. The highest BCUT2D eigenvalue weighted by Crippen LogP contribution is 2.33. The lowest BCUT2D eigenvalue weighted by Gasteiger charge is -2.16. The molecule has 0 saturated carbocycles. The third-order valence-electron chi connectivity index (χ3n) is 3.47. The SMILES string of the molecule is CN(Cc1ccco1)Cc1c(CN)sc2cccc(F)c12. The van der Waals surface area contributed by atoms with Crippen molar-refractivity contribution in [3.05, 3.63) is 58.6 Å². The third kappa shape index (κ3) is 2.85. The number of thiophene rings is 1. The van der Waals surface area contributed by atoms with Crippen molar-refractivity contribution in [3.63, 3.8) is 0 Å². The lowest BCUT2D eigenvalue weighted by atomic mass is 10.1. The van der Waals surface area contributed by atoms with E-state index in [9.17, 15) is 4.39 Å². The van der Waals surface area contributed by atoms with Crippen LogP contribution in [-0.4, -0.2) is 11.9 Å². The van der Waals surface area contributed by atoms with Crippen LogP contribution in [-0.2, 0) is 19.6 Å². The van der Waals surface area contributed by atoms with Gasteiger partial charge in [0.25, 0.3) is 0 Å². The highest BCUT2D eigenvalue weighted by molar-refractivity contribution is 7.19. The Bertz CT molecular complexity index is 736. The van der Waals surface area contributed by atoms with Crippen LogP contribution in [0.25, 0.3) is 10.1 Å². The van der Waals surface area contributed by atoms with Gasteiger partial charge in [0.2, 0.25) is 0 Å². The Labute approximate surface area is 126 Å². The molecule has 3 nitrogen and oxygen atoms in total. The van der Waals surface area contributed by atoms with Gasteiger partial charge in [-0.2, -0.15) is 0 Å². The molecule has 1 aromatic carbocycles. The van der Waals surface area contributed by atoms with Crippen molar-refractivity contribution in [1.82, 2.24) is 4.90 Å². The Kier molecular flexibility index (Phi) is 4.05. The predicted molar refractivity (Wildman–Crippen MR) is 83.6 cm³/mol. The first-order valence-corrected chi connectivity index (χ1v) is 7.60. The van der Waals surface area contributed by atoms with E-state index in [0.29, 0.717) is 25.0 Å². The van der Waals surface area contributed by atoms with Gasteiger partial charge in [-0.05, 0) is 36.9 Å². The van der Waals surface area contributed by atoms with Crippen LogP contribution in [0.5, 0.6) is 0 Å². The van der Waals surface area contributed by atoms with Crippen molar-refractivity contribution >= 4 is 21.4 Å². The molecular weight excluding hydrogens is 287 g/mol. The molecule has 0 aliphatic rings. The van der Waals surface area contributed by atoms with E-state index in [1.54, 1.807) is 23.7 Å². The average Bonchev–Trinajstić information content (AvgIpc) is 3.07. The highest BCUT2D eigenvalue weighted by atomic mass is 32.1. The minimum absolute atomic E-state index is 0.176. The maximum absolute atomic E-state index is 14.2. The van der Waals surface area contributed by atoms with Crippen LogP contribution in [0, 0.1) is 5.82 Å². The highest BCUT2D eigenvalue weighted by Gasteiger charge is 2.16. The molecule has 0 fully saturated rings. The molecule has 0 amide bonds. The maximum Gasteiger partial charge on any atom is 0.132 e. The van der Waals surface area contributed by atoms with Gasteiger partial charge in [0.15, 0.2) is 0 Å². The smallest absolute Gasteiger partial charge is 0.132 e. The van der Waals surface area contributed by atoms with E-state index < -0.39 is 0 Å². The molecule has 0 aliphatic carbocycles. The van der Waals surface area contributed by atoms with Crippen LogP contribution in [0.1, 0.15) is 16.2 Å². The zero-order valence-corrected chi connectivity index (χ0v) is 12.6. The second-order valence-electron chi connectivity index (χ2n) is 5.07. The summed E-state index contributed by atoms with van der Waals surface area (Å²) in [5, 5.41) is 0.703. The fourth-order valence-corrected chi connectivity index (χ4v) is 3.65. The van der Waals surface area contributed by atoms with Crippen molar-refractivity contribution in [2.75, 3.05) is 7.05 Å². The molecule has 21 heavy (non-hydrogen) atoms. The Hall–Kier alpha value is -1.69. The van der Waals surface area contributed by atoms with Gasteiger partial charge in [0.1, 0.15) is 11.6 Å². The molecule has 0 saturated heterocycles. The lowest BCUT2D eigenvalue weighted by molar-refractivity contribution is 0.288. The maximum atomic E-state index is 14.2. The van der Waals surface area contributed by atoms with Gasteiger partial charge in [0.05, 0.1) is 12.8 Å². The summed E-state index contributed by atoms with van der Waals surface area (Å²) in [6.45, 7) is 1.76. The quantitative estimate of drug-likeness (QED) is 0.781. The van der Waals surface area contributed by atoms with Gasteiger partial charge < -0.3 is 10.2 Å². The van der Waals surface area contributed by atoms with Crippen molar-refractivity contribution < 1.29 is 8.81 Å². The van der Waals surface area contributed by atoms with E-state index >= 15 is 0 Å². The monoisotopic (exact) mass is 304 g/mol. The van der Waals surface area contributed by atoms with E-state index in [1.165, 1.54) is 6.07 Å². The van der Waals surface area contributed by atoms with Crippen LogP contribution in [0.3, 0.4) is 0 Å². The van der Waals surface area contributed by atoms with Crippen molar-refractivity contribution in [2.45, 2.75) is 19.6 Å². The minimum Gasteiger partial charge on any atom is -0.468 e. The molecule has 5 heteroatoms. The summed E-state index contributed by atoms with van der Waals surface area (Å²) in [4.78, 5) is 3.15. The van der Waals surface area contributed by atoms with Gasteiger partial charge in [0, 0.05) is 28.1 Å². The molecule has 2 aromatic heterocycles. The number of furan rings is 1. The molecule has 0 radical (unpaired) electrons. The number of halogens is 1. The number of rotatable bonds is 5. The first-order chi connectivity index (χ1) is 10.2. The van der Waals surface area contributed by atoms with Crippen LogP contribution in [0.15, 0.2) is 41.0 Å². The van der Waals surface area contributed by atoms with Crippen LogP contribution >= 0.6 is 11.3 Å². The number of fused-ring (bicyclic) bond motifs is 1. The molecular formula is C16H17FN2OS. The number of hydrogen-bond donors (Lipinski definition) is 1. The van der Waals surface area contributed by atoms with Gasteiger partial charge in [-0.3, -0.25) is 4.90 Å². The van der Waals surface area contributed by atoms with Gasteiger partial charge in [-0.1, -0.05) is 6.07 Å². The third-order valence-corrected chi connectivity index (χ3v) is 4.69. The zero-order chi connectivity index (χ0) is 14.8. The summed E-state index contributed by atoms with van der Waals surface area (Å²) in [5.74, 6) is 0.719. The molecule has 3 rings (SSSR count). The summed E-state index contributed by atoms with van der Waals surface area (Å²) >= 11 is 1.57. The summed E-state index contributed by atoms with van der Waals surface area (Å²) in [6, 6.07) is 9.00. The largest absolute Gasteiger partial charge is 0.468 e. The topological polar surface area (TPSA) is 42.4 Å². The Balaban J connectivity index is 1.92. The standard InChI is InChI=1S/C16H17FN2OS/c1-19(9-11-4-3-7-20-11)10-12-15(8-18)21-14-6-2-5-13(17)16(12)14/h2-7H,8-10,18H2,1H3. The van der Waals surface area contributed by atoms with Crippen LogP contribution < -0.4 is 5.73 Å². The van der Waals surface area contributed by atoms with E-state index in [2.05, 4.69) is 4.90 Å². The van der Waals surface area contributed by atoms with E-state index in [4.69, 9.17) is 10.2 Å². The van der Waals surface area contributed by atoms with E-state index in [-0.39, 0.29) is 5.82 Å². The summed E-state index contributed by atoms with van der Waals surface area (Å²) in [5.41, 5.74) is 6.82. The molecule has 3 aromatic rings. The van der Waals surface area contributed by atoms with Crippen molar-refractivity contribution in [2.24, 2.45) is 5.73 Å². The summed E-state index contributed by atoms with van der Waals surface area (Å²) in [7, 11) is 1.99. The van der Waals surface area contributed by atoms with Gasteiger partial charge >= 0.3 is 0 Å². The second kappa shape index (κ2) is 5.97. The normalized spacial score (nSPS) is 11.6. The lowest BCUT2D eigenvalue weighted by Crippen LogP contribution is -2.18. The molecule has 2 heterocycles.